The summed E-state index contributed by atoms with van der Waals surface area (Å²) < 4.78 is 0. The van der Waals surface area contributed by atoms with E-state index in [1.165, 1.54) is 0 Å². The van der Waals surface area contributed by atoms with Crippen LogP contribution < -0.4 is 5.32 Å². The van der Waals surface area contributed by atoms with E-state index in [1.807, 2.05) is 4.90 Å². The zero-order valence-corrected chi connectivity index (χ0v) is 11.2. The quantitative estimate of drug-likeness (QED) is 0.743. The molecule has 1 saturated heterocycles. The smallest absolute Gasteiger partial charge is 0.319 e. The number of rotatable bonds is 3. The first-order valence-corrected chi connectivity index (χ1v) is 6.54. The first kappa shape index (κ1) is 13.1. The molecule has 0 spiro atoms. The summed E-state index contributed by atoms with van der Waals surface area (Å²) in [5.41, 5.74) is 0. The summed E-state index contributed by atoms with van der Waals surface area (Å²) in [5.74, 6) is 0.116. The van der Waals surface area contributed by atoms with E-state index in [0.29, 0.717) is 25.7 Å². The van der Waals surface area contributed by atoms with Crippen molar-refractivity contribution >= 4 is 11.9 Å². The fourth-order valence-electron chi connectivity index (χ4n) is 2.08. The molecule has 1 saturated carbocycles. The van der Waals surface area contributed by atoms with Gasteiger partial charge in [-0.2, -0.15) is 0 Å². The minimum atomic E-state index is 0.0529. The van der Waals surface area contributed by atoms with Crippen molar-refractivity contribution in [1.82, 2.24) is 20.0 Å². The molecule has 0 aromatic rings. The molecule has 2 aliphatic rings. The highest BCUT2D eigenvalue weighted by Gasteiger charge is 2.26. The second kappa shape index (κ2) is 5.56. The predicted molar refractivity (Wildman–Crippen MR) is 68.3 cm³/mol. The maximum atomic E-state index is 11.7. The maximum Gasteiger partial charge on any atom is 0.319 e. The van der Waals surface area contributed by atoms with E-state index in [1.54, 1.807) is 19.0 Å². The zero-order chi connectivity index (χ0) is 13.1. The van der Waals surface area contributed by atoms with Crippen LogP contribution in [-0.2, 0) is 4.79 Å². The third-order valence-corrected chi connectivity index (χ3v) is 3.34. The molecule has 0 aromatic carbocycles. The van der Waals surface area contributed by atoms with Gasteiger partial charge >= 0.3 is 6.03 Å². The molecule has 2 fully saturated rings. The fraction of sp³-hybridized carbons (Fsp3) is 0.833. The molecule has 0 atom stereocenters. The number of hydrogen-bond acceptors (Lipinski definition) is 3. The third kappa shape index (κ3) is 3.60. The Morgan fingerprint density at radius 1 is 1.17 bits per heavy atom. The van der Waals surface area contributed by atoms with Crippen LogP contribution in [0.3, 0.4) is 0 Å². The lowest BCUT2D eigenvalue weighted by Crippen LogP contribution is -2.53. The number of nitrogens with zero attached hydrogens (tertiary/aromatic N) is 3. The van der Waals surface area contributed by atoms with Crippen LogP contribution in [0.2, 0.25) is 0 Å². The summed E-state index contributed by atoms with van der Waals surface area (Å²) in [7, 11) is 3.52. The van der Waals surface area contributed by atoms with Crippen LogP contribution in [0.15, 0.2) is 0 Å². The molecule has 1 aliphatic heterocycles. The van der Waals surface area contributed by atoms with Crippen molar-refractivity contribution in [3.05, 3.63) is 0 Å². The fourth-order valence-corrected chi connectivity index (χ4v) is 2.08. The summed E-state index contributed by atoms with van der Waals surface area (Å²) >= 11 is 0. The minimum Gasteiger partial charge on any atom is -0.352 e. The minimum absolute atomic E-state index is 0.0529. The van der Waals surface area contributed by atoms with Crippen LogP contribution in [0, 0.1) is 0 Å². The molecule has 2 rings (SSSR count). The highest BCUT2D eigenvalue weighted by Crippen LogP contribution is 2.18. The molecular formula is C12H22N4O2. The van der Waals surface area contributed by atoms with Crippen LogP contribution in [0.25, 0.3) is 0 Å². The zero-order valence-electron chi connectivity index (χ0n) is 11.2. The van der Waals surface area contributed by atoms with E-state index in [2.05, 4.69) is 10.2 Å². The SMILES string of the molecule is CN(C)C(=O)N1CCN(CC(=O)NC2CC2)CC1. The Bertz CT molecular complexity index is 320. The lowest BCUT2D eigenvalue weighted by atomic mass is 10.3. The summed E-state index contributed by atoms with van der Waals surface area (Å²) in [5, 5.41) is 2.98. The number of carbonyl (C=O) groups excluding carboxylic acids is 2. The van der Waals surface area contributed by atoms with Gasteiger partial charge < -0.3 is 15.1 Å². The van der Waals surface area contributed by atoms with E-state index >= 15 is 0 Å². The molecule has 3 amide bonds. The van der Waals surface area contributed by atoms with Crippen molar-refractivity contribution in [1.29, 1.82) is 0 Å². The molecule has 1 heterocycles. The summed E-state index contributed by atoms with van der Waals surface area (Å²) in [6.07, 6.45) is 2.24. The van der Waals surface area contributed by atoms with E-state index < -0.39 is 0 Å². The second-order valence-electron chi connectivity index (χ2n) is 5.28. The van der Waals surface area contributed by atoms with Gasteiger partial charge in [0.1, 0.15) is 0 Å². The van der Waals surface area contributed by atoms with Crippen LogP contribution >= 0.6 is 0 Å². The molecule has 102 valence electrons. The summed E-state index contributed by atoms with van der Waals surface area (Å²) in [4.78, 5) is 28.9. The molecule has 6 heteroatoms. The monoisotopic (exact) mass is 254 g/mol. The molecule has 0 unspecified atom stereocenters. The number of nitrogens with one attached hydrogen (secondary N) is 1. The van der Waals surface area contributed by atoms with Crippen molar-refractivity contribution in [3.63, 3.8) is 0 Å². The third-order valence-electron chi connectivity index (χ3n) is 3.34. The van der Waals surface area contributed by atoms with E-state index in [-0.39, 0.29) is 11.9 Å². The molecular weight excluding hydrogens is 232 g/mol. The molecule has 6 nitrogen and oxygen atoms in total. The van der Waals surface area contributed by atoms with Gasteiger partial charge in [-0.3, -0.25) is 9.69 Å². The molecule has 0 aromatic heterocycles. The second-order valence-corrected chi connectivity index (χ2v) is 5.28. The number of amides is 3. The number of hydrogen-bond donors (Lipinski definition) is 1. The largest absolute Gasteiger partial charge is 0.352 e. The van der Waals surface area contributed by atoms with Gasteiger partial charge in [0.05, 0.1) is 6.54 Å². The van der Waals surface area contributed by atoms with Crippen molar-refractivity contribution in [2.45, 2.75) is 18.9 Å². The molecule has 18 heavy (non-hydrogen) atoms. The van der Waals surface area contributed by atoms with Crippen molar-refractivity contribution in [3.8, 4) is 0 Å². The Kier molecular flexibility index (Phi) is 4.06. The standard InChI is InChI=1S/C12H22N4O2/c1-14(2)12(18)16-7-5-15(6-8-16)9-11(17)13-10-3-4-10/h10H,3-9H2,1-2H3,(H,13,17). The van der Waals surface area contributed by atoms with E-state index in [0.717, 1.165) is 25.9 Å². The molecule has 1 N–H and O–H groups in total. The van der Waals surface area contributed by atoms with Gasteiger partial charge in [0, 0.05) is 46.3 Å². The van der Waals surface area contributed by atoms with Crippen LogP contribution in [0.5, 0.6) is 0 Å². The highest BCUT2D eigenvalue weighted by molar-refractivity contribution is 5.78. The van der Waals surface area contributed by atoms with Crippen LogP contribution in [0.4, 0.5) is 4.79 Å². The Morgan fingerprint density at radius 3 is 2.28 bits per heavy atom. The van der Waals surface area contributed by atoms with Gasteiger partial charge in [0.25, 0.3) is 0 Å². The van der Waals surface area contributed by atoms with Gasteiger partial charge in [0.2, 0.25) is 5.91 Å². The van der Waals surface area contributed by atoms with Gasteiger partial charge in [-0.25, -0.2) is 4.79 Å². The van der Waals surface area contributed by atoms with E-state index in [4.69, 9.17) is 0 Å². The predicted octanol–water partition coefficient (Wildman–Crippen LogP) is -0.436. The average molecular weight is 254 g/mol. The Morgan fingerprint density at radius 2 is 1.78 bits per heavy atom. The van der Waals surface area contributed by atoms with Gasteiger partial charge in [-0.1, -0.05) is 0 Å². The van der Waals surface area contributed by atoms with Crippen molar-refractivity contribution in [2.24, 2.45) is 0 Å². The maximum absolute atomic E-state index is 11.7. The Hall–Kier alpha value is -1.30. The van der Waals surface area contributed by atoms with Gasteiger partial charge in [0.15, 0.2) is 0 Å². The summed E-state index contributed by atoms with van der Waals surface area (Å²) in [6, 6.07) is 0.478. The molecule has 1 aliphatic carbocycles. The van der Waals surface area contributed by atoms with Gasteiger partial charge in [-0.15, -0.1) is 0 Å². The lowest BCUT2D eigenvalue weighted by Gasteiger charge is -2.35. The number of piperazine rings is 1. The van der Waals surface area contributed by atoms with Gasteiger partial charge in [-0.05, 0) is 12.8 Å². The van der Waals surface area contributed by atoms with Crippen LogP contribution in [0.1, 0.15) is 12.8 Å². The normalized spacial score (nSPS) is 20.7. The van der Waals surface area contributed by atoms with Crippen molar-refractivity contribution in [2.75, 3.05) is 46.8 Å². The number of urea groups is 1. The topological polar surface area (TPSA) is 55.9 Å². The van der Waals surface area contributed by atoms with Crippen LogP contribution in [-0.4, -0.2) is 79.5 Å². The Labute approximate surface area is 108 Å². The Balaban J connectivity index is 1.69. The number of carbonyl (C=O) groups is 2. The average Bonchev–Trinajstić information content (AvgIpc) is 3.12. The van der Waals surface area contributed by atoms with Crippen molar-refractivity contribution < 1.29 is 9.59 Å². The first-order valence-electron chi connectivity index (χ1n) is 6.54. The first-order chi connectivity index (χ1) is 8.56. The van der Waals surface area contributed by atoms with E-state index in [9.17, 15) is 9.59 Å². The lowest BCUT2D eigenvalue weighted by molar-refractivity contribution is -0.122. The summed E-state index contributed by atoms with van der Waals surface area (Å²) in [6.45, 7) is 3.41. The highest BCUT2D eigenvalue weighted by atomic mass is 16.2. The molecule has 0 radical (unpaired) electrons. The molecule has 0 bridgehead atoms.